The maximum atomic E-state index is 13.0. The Morgan fingerprint density at radius 2 is 1.90 bits per heavy atom. The minimum Gasteiger partial charge on any atom is -0.497 e. The number of amides is 1. The molecule has 0 spiro atoms. The number of hydrogen-bond donors (Lipinski definition) is 1. The molecule has 0 radical (unpaired) electrons. The number of nitrogens with zero attached hydrogens (tertiary/aromatic N) is 3. The van der Waals surface area contributed by atoms with Crippen LogP contribution in [0.2, 0.25) is 0 Å². The zero-order chi connectivity index (χ0) is 21.7. The first-order valence-electron chi connectivity index (χ1n) is 10.1. The Bertz CT molecular complexity index is 978. The Morgan fingerprint density at radius 3 is 2.50 bits per heavy atom. The van der Waals surface area contributed by atoms with Gasteiger partial charge in [-0.3, -0.25) is 9.78 Å². The molecule has 0 saturated heterocycles. The maximum absolute atomic E-state index is 13.0. The largest absolute Gasteiger partial charge is 0.497 e. The van der Waals surface area contributed by atoms with Crippen molar-refractivity contribution in [2.45, 2.75) is 26.4 Å². The first kappa shape index (κ1) is 21.6. The van der Waals surface area contributed by atoms with Gasteiger partial charge < -0.3 is 19.5 Å². The van der Waals surface area contributed by atoms with Crippen LogP contribution in [-0.4, -0.2) is 48.1 Å². The molecule has 0 aliphatic rings. The van der Waals surface area contributed by atoms with Gasteiger partial charge >= 0.3 is 0 Å². The average Bonchev–Trinajstić information content (AvgIpc) is 3.03. The normalized spacial score (nSPS) is 12.1. The third kappa shape index (κ3) is 4.89. The van der Waals surface area contributed by atoms with E-state index < -0.39 is 0 Å². The van der Waals surface area contributed by atoms with Crippen molar-refractivity contribution in [2.75, 3.05) is 27.7 Å². The van der Waals surface area contributed by atoms with Crippen molar-refractivity contribution in [3.05, 3.63) is 82.9 Å². The molecule has 0 saturated carbocycles. The molecular formula is C24H30N4O2. The van der Waals surface area contributed by atoms with Crippen LogP contribution in [0.5, 0.6) is 5.75 Å². The van der Waals surface area contributed by atoms with Crippen LogP contribution in [0.15, 0.2) is 54.7 Å². The number of nitrogens with one attached hydrogen (secondary N) is 1. The zero-order valence-corrected chi connectivity index (χ0v) is 18.3. The van der Waals surface area contributed by atoms with E-state index in [0.29, 0.717) is 18.7 Å². The fourth-order valence-electron chi connectivity index (χ4n) is 3.64. The number of carbonyl (C=O) groups is 1. The van der Waals surface area contributed by atoms with Crippen LogP contribution < -0.4 is 10.1 Å². The van der Waals surface area contributed by atoms with Gasteiger partial charge in [0.1, 0.15) is 5.75 Å². The molecule has 1 N–H and O–H groups in total. The van der Waals surface area contributed by atoms with Crippen LogP contribution >= 0.6 is 0 Å². The van der Waals surface area contributed by atoms with Gasteiger partial charge in [-0.1, -0.05) is 18.2 Å². The number of pyridine rings is 1. The highest BCUT2D eigenvalue weighted by molar-refractivity contribution is 5.95. The Morgan fingerprint density at radius 1 is 1.17 bits per heavy atom. The number of carbonyl (C=O) groups excluding carboxylic acids is 1. The first-order valence-corrected chi connectivity index (χ1v) is 10.1. The second kappa shape index (κ2) is 9.59. The maximum Gasteiger partial charge on any atom is 0.253 e. The average molecular weight is 407 g/mol. The Kier molecular flexibility index (Phi) is 6.90. The highest BCUT2D eigenvalue weighted by Crippen LogP contribution is 2.21. The van der Waals surface area contributed by atoms with Crippen LogP contribution in [0.25, 0.3) is 0 Å². The monoisotopic (exact) mass is 406 g/mol. The lowest BCUT2D eigenvalue weighted by atomic mass is 10.1. The molecule has 0 aliphatic heterocycles. The van der Waals surface area contributed by atoms with Crippen LogP contribution in [0.1, 0.15) is 39.0 Å². The lowest BCUT2D eigenvalue weighted by molar-refractivity contribution is 0.0941. The van der Waals surface area contributed by atoms with E-state index in [4.69, 9.17) is 4.74 Å². The molecule has 1 unspecified atom stereocenters. The molecule has 6 nitrogen and oxygen atoms in total. The number of ether oxygens (including phenoxy) is 1. The summed E-state index contributed by atoms with van der Waals surface area (Å²) in [7, 11) is 5.68. The van der Waals surface area contributed by atoms with E-state index in [9.17, 15) is 4.79 Å². The Hall–Kier alpha value is -3.12. The minimum absolute atomic E-state index is 0.0595. The fraction of sp³-hybridized carbons (Fsp3) is 0.333. The third-order valence-corrected chi connectivity index (χ3v) is 5.44. The molecule has 0 fully saturated rings. The van der Waals surface area contributed by atoms with Crippen molar-refractivity contribution in [1.82, 2.24) is 19.8 Å². The summed E-state index contributed by atoms with van der Waals surface area (Å²) in [5.41, 5.74) is 4.79. The van der Waals surface area contributed by atoms with Crippen molar-refractivity contribution >= 4 is 5.91 Å². The summed E-state index contributed by atoms with van der Waals surface area (Å²) in [6.45, 7) is 5.17. The zero-order valence-electron chi connectivity index (χ0n) is 18.3. The van der Waals surface area contributed by atoms with Gasteiger partial charge in [0, 0.05) is 24.1 Å². The van der Waals surface area contributed by atoms with E-state index >= 15 is 0 Å². The molecule has 3 aromatic rings. The standard InChI is InChI=1S/C24H30N4O2/c1-17-14-22(18(2)28(17)16-20-8-6-7-13-25-20)24(29)26-15-23(27(3)4)19-9-11-21(30-5)12-10-19/h6-14,23H,15-16H2,1-5H3,(H,26,29). The fourth-order valence-corrected chi connectivity index (χ4v) is 3.64. The topological polar surface area (TPSA) is 59.4 Å². The molecule has 0 bridgehead atoms. The number of methoxy groups -OCH3 is 1. The predicted molar refractivity (Wildman–Crippen MR) is 119 cm³/mol. The van der Waals surface area contributed by atoms with Gasteiger partial charge in [0.25, 0.3) is 5.91 Å². The highest BCUT2D eigenvalue weighted by atomic mass is 16.5. The lowest BCUT2D eigenvalue weighted by Gasteiger charge is -2.25. The summed E-state index contributed by atoms with van der Waals surface area (Å²) in [6, 6.07) is 15.9. The van der Waals surface area contributed by atoms with E-state index in [1.807, 2.05) is 76.5 Å². The first-order chi connectivity index (χ1) is 14.4. The third-order valence-electron chi connectivity index (χ3n) is 5.44. The number of hydrogen-bond acceptors (Lipinski definition) is 4. The quantitative estimate of drug-likeness (QED) is 0.621. The second-order valence-corrected chi connectivity index (χ2v) is 7.65. The van der Waals surface area contributed by atoms with Crippen LogP contribution in [0.4, 0.5) is 0 Å². The Balaban J connectivity index is 1.72. The molecule has 1 amide bonds. The van der Waals surface area contributed by atoms with Crippen molar-refractivity contribution in [3.63, 3.8) is 0 Å². The van der Waals surface area contributed by atoms with E-state index in [1.165, 1.54) is 0 Å². The van der Waals surface area contributed by atoms with Crippen LogP contribution in [-0.2, 0) is 6.54 Å². The highest BCUT2D eigenvalue weighted by Gasteiger charge is 2.19. The van der Waals surface area contributed by atoms with Crippen LogP contribution in [0, 0.1) is 13.8 Å². The Labute approximate surface area is 178 Å². The number of benzene rings is 1. The van der Waals surface area contributed by atoms with Gasteiger partial charge in [-0.2, -0.15) is 0 Å². The van der Waals surface area contributed by atoms with E-state index in [-0.39, 0.29) is 11.9 Å². The summed E-state index contributed by atoms with van der Waals surface area (Å²) in [5.74, 6) is 0.761. The lowest BCUT2D eigenvalue weighted by Crippen LogP contribution is -2.34. The number of likely N-dealkylation sites (N-methyl/N-ethyl adjacent to an activating group) is 1. The van der Waals surface area contributed by atoms with E-state index in [2.05, 4.69) is 19.8 Å². The second-order valence-electron chi connectivity index (χ2n) is 7.65. The smallest absolute Gasteiger partial charge is 0.253 e. The summed E-state index contributed by atoms with van der Waals surface area (Å²) >= 11 is 0. The van der Waals surface area contributed by atoms with Gasteiger partial charge in [0.15, 0.2) is 0 Å². The number of aryl methyl sites for hydroxylation is 1. The van der Waals surface area contributed by atoms with Crippen LogP contribution in [0.3, 0.4) is 0 Å². The van der Waals surface area contributed by atoms with Crippen molar-refractivity contribution in [1.29, 1.82) is 0 Å². The molecule has 3 rings (SSSR count). The summed E-state index contributed by atoms with van der Waals surface area (Å²) < 4.78 is 7.37. The van der Waals surface area contributed by atoms with Crippen molar-refractivity contribution in [3.8, 4) is 5.75 Å². The molecule has 158 valence electrons. The molecule has 6 heteroatoms. The SMILES string of the molecule is COc1ccc(C(CNC(=O)c2cc(C)n(Cc3ccccn3)c2C)N(C)C)cc1. The van der Waals surface area contributed by atoms with Gasteiger partial charge in [-0.15, -0.1) is 0 Å². The van der Waals surface area contributed by atoms with Crippen molar-refractivity contribution < 1.29 is 9.53 Å². The van der Waals surface area contributed by atoms with E-state index in [0.717, 1.165) is 28.4 Å². The molecular weight excluding hydrogens is 376 g/mol. The van der Waals surface area contributed by atoms with Gasteiger partial charge in [0.2, 0.25) is 0 Å². The van der Waals surface area contributed by atoms with Gasteiger partial charge in [-0.05, 0) is 63.8 Å². The summed E-state index contributed by atoms with van der Waals surface area (Å²) in [5, 5.41) is 3.11. The van der Waals surface area contributed by atoms with E-state index in [1.54, 1.807) is 13.3 Å². The van der Waals surface area contributed by atoms with Gasteiger partial charge in [-0.25, -0.2) is 0 Å². The molecule has 2 aromatic heterocycles. The van der Waals surface area contributed by atoms with Crippen molar-refractivity contribution in [2.24, 2.45) is 0 Å². The summed E-state index contributed by atoms with van der Waals surface area (Å²) in [4.78, 5) is 19.5. The number of aromatic nitrogens is 2. The molecule has 1 aromatic carbocycles. The minimum atomic E-state index is -0.0595. The molecule has 30 heavy (non-hydrogen) atoms. The molecule has 0 aliphatic carbocycles. The summed E-state index contributed by atoms with van der Waals surface area (Å²) in [6.07, 6.45) is 1.79. The van der Waals surface area contributed by atoms with Gasteiger partial charge in [0.05, 0.1) is 31.0 Å². The molecule has 1 atom stereocenters. The predicted octanol–water partition coefficient (Wildman–Crippen LogP) is 3.59. The number of rotatable bonds is 8. The molecule has 2 heterocycles.